The Labute approximate surface area is 134 Å². The number of aromatic nitrogens is 2. The molecule has 7 heteroatoms. The van der Waals surface area contributed by atoms with Gasteiger partial charge in [-0.15, -0.1) is 12.4 Å². The summed E-state index contributed by atoms with van der Waals surface area (Å²) in [5.41, 5.74) is 0. The maximum absolute atomic E-state index is 13.4. The zero-order valence-corrected chi connectivity index (χ0v) is 12.9. The number of ether oxygens (including phenoxy) is 1. The van der Waals surface area contributed by atoms with Crippen LogP contribution in [0.1, 0.15) is 24.6 Å². The van der Waals surface area contributed by atoms with Gasteiger partial charge < -0.3 is 14.6 Å². The van der Waals surface area contributed by atoms with E-state index < -0.39 is 5.82 Å². The monoisotopic (exact) mass is 327 g/mol. The first-order valence-corrected chi connectivity index (χ1v) is 7.21. The highest BCUT2D eigenvalue weighted by molar-refractivity contribution is 5.85. The first-order chi connectivity index (χ1) is 10.3. The molecule has 120 valence electrons. The van der Waals surface area contributed by atoms with Gasteiger partial charge in [0.05, 0.1) is 0 Å². The van der Waals surface area contributed by atoms with Gasteiger partial charge in [-0.3, -0.25) is 0 Å². The molecule has 0 saturated carbocycles. The molecule has 0 unspecified atom stereocenters. The second kappa shape index (κ2) is 8.10. The van der Waals surface area contributed by atoms with Crippen LogP contribution in [0.15, 0.2) is 28.8 Å². The van der Waals surface area contributed by atoms with Crippen molar-refractivity contribution >= 4 is 12.4 Å². The highest BCUT2D eigenvalue weighted by Crippen LogP contribution is 2.18. The molecule has 0 amide bonds. The van der Waals surface area contributed by atoms with E-state index in [-0.39, 0.29) is 24.8 Å². The van der Waals surface area contributed by atoms with Gasteiger partial charge >= 0.3 is 0 Å². The van der Waals surface area contributed by atoms with Crippen LogP contribution in [0.5, 0.6) is 5.75 Å². The van der Waals surface area contributed by atoms with Crippen LogP contribution in [0.2, 0.25) is 0 Å². The van der Waals surface area contributed by atoms with E-state index in [4.69, 9.17) is 9.26 Å². The molecule has 22 heavy (non-hydrogen) atoms. The van der Waals surface area contributed by atoms with E-state index in [9.17, 15) is 4.39 Å². The summed E-state index contributed by atoms with van der Waals surface area (Å²) in [5.74, 6) is 1.47. The highest BCUT2D eigenvalue weighted by Gasteiger charge is 2.17. The Kier molecular flexibility index (Phi) is 6.15. The number of rotatable bonds is 5. The summed E-state index contributed by atoms with van der Waals surface area (Å²) >= 11 is 0. The lowest BCUT2D eigenvalue weighted by Gasteiger charge is -2.20. The Morgan fingerprint density at radius 3 is 2.82 bits per heavy atom. The van der Waals surface area contributed by atoms with E-state index in [2.05, 4.69) is 15.5 Å². The molecule has 0 bridgehead atoms. The summed E-state index contributed by atoms with van der Waals surface area (Å²) < 4.78 is 24.0. The lowest BCUT2D eigenvalue weighted by atomic mass is 9.95. The van der Waals surface area contributed by atoms with Crippen LogP contribution in [-0.4, -0.2) is 23.2 Å². The van der Waals surface area contributed by atoms with Gasteiger partial charge in [0.25, 0.3) is 0 Å². The number of halogens is 2. The SMILES string of the molecule is Cl.Fc1ccccc1OCc1noc(CC2CCNCC2)n1. The summed E-state index contributed by atoms with van der Waals surface area (Å²) in [6.07, 6.45) is 3.06. The Balaban J connectivity index is 0.00000176. The predicted octanol–water partition coefficient (Wildman–Crippen LogP) is 2.75. The van der Waals surface area contributed by atoms with E-state index in [1.54, 1.807) is 18.2 Å². The first kappa shape index (κ1) is 16.7. The van der Waals surface area contributed by atoms with Gasteiger partial charge in [0, 0.05) is 6.42 Å². The lowest BCUT2D eigenvalue weighted by Crippen LogP contribution is -2.28. The molecule has 2 heterocycles. The van der Waals surface area contributed by atoms with Crippen molar-refractivity contribution in [2.24, 2.45) is 5.92 Å². The summed E-state index contributed by atoms with van der Waals surface area (Å²) in [6, 6.07) is 6.27. The maximum Gasteiger partial charge on any atom is 0.227 e. The standard InChI is InChI=1S/C15H18FN3O2.ClH/c16-12-3-1-2-4-13(12)20-10-14-18-15(21-19-14)9-11-5-7-17-8-6-11;/h1-4,11,17H,5-10H2;1H. The van der Waals surface area contributed by atoms with Crippen molar-refractivity contribution in [1.82, 2.24) is 15.5 Å². The summed E-state index contributed by atoms with van der Waals surface area (Å²) in [4.78, 5) is 4.30. The smallest absolute Gasteiger partial charge is 0.227 e. The molecule has 2 aromatic rings. The van der Waals surface area contributed by atoms with E-state index >= 15 is 0 Å². The average molecular weight is 328 g/mol. The fourth-order valence-electron chi connectivity index (χ4n) is 2.47. The van der Waals surface area contributed by atoms with Crippen molar-refractivity contribution in [3.8, 4) is 5.75 Å². The minimum atomic E-state index is -0.393. The van der Waals surface area contributed by atoms with Crippen molar-refractivity contribution in [3.63, 3.8) is 0 Å². The average Bonchev–Trinajstić information content (AvgIpc) is 2.95. The topological polar surface area (TPSA) is 60.2 Å². The highest BCUT2D eigenvalue weighted by atomic mass is 35.5. The van der Waals surface area contributed by atoms with E-state index in [1.165, 1.54) is 6.07 Å². The molecule has 1 aromatic carbocycles. The third kappa shape index (κ3) is 4.42. The molecule has 0 atom stereocenters. The molecule has 5 nitrogen and oxygen atoms in total. The molecule has 1 aliphatic heterocycles. The van der Waals surface area contributed by atoms with Crippen LogP contribution in [0.3, 0.4) is 0 Å². The molecule has 3 rings (SSSR count). The molecule has 1 aliphatic rings. The zero-order valence-electron chi connectivity index (χ0n) is 12.1. The summed E-state index contributed by atoms with van der Waals surface area (Å²) in [5, 5.41) is 7.20. The van der Waals surface area contributed by atoms with Crippen molar-refractivity contribution in [2.45, 2.75) is 25.9 Å². The predicted molar refractivity (Wildman–Crippen MR) is 81.6 cm³/mol. The van der Waals surface area contributed by atoms with Crippen molar-refractivity contribution in [1.29, 1.82) is 0 Å². The number of benzene rings is 1. The van der Waals surface area contributed by atoms with Gasteiger partial charge in [-0.1, -0.05) is 17.3 Å². The van der Waals surface area contributed by atoms with E-state index in [1.807, 2.05) is 0 Å². The molecule has 1 aromatic heterocycles. The quantitative estimate of drug-likeness (QED) is 0.915. The van der Waals surface area contributed by atoms with Crippen LogP contribution in [0, 0.1) is 11.7 Å². The number of nitrogens with one attached hydrogen (secondary N) is 1. The zero-order chi connectivity index (χ0) is 14.5. The minimum absolute atomic E-state index is 0. The molecular formula is C15H19ClFN3O2. The number of hydrogen-bond acceptors (Lipinski definition) is 5. The summed E-state index contributed by atoms with van der Waals surface area (Å²) in [6.45, 7) is 2.20. The van der Waals surface area contributed by atoms with Gasteiger partial charge in [-0.2, -0.15) is 4.98 Å². The fraction of sp³-hybridized carbons (Fsp3) is 0.467. The van der Waals surface area contributed by atoms with Gasteiger partial charge in [0.1, 0.15) is 0 Å². The molecule has 1 fully saturated rings. The van der Waals surface area contributed by atoms with Crippen molar-refractivity contribution in [3.05, 3.63) is 41.8 Å². The number of para-hydroxylation sites is 1. The molecule has 0 aliphatic carbocycles. The van der Waals surface area contributed by atoms with Gasteiger partial charge in [0.15, 0.2) is 18.2 Å². The number of nitrogens with zero attached hydrogens (tertiary/aromatic N) is 2. The van der Waals surface area contributed by atoms with Gasteiger partial charge in [-0.25, -0.2) is 4.39 Å². The van der Waals surface area contributed by atoms with E-state index in [0.29, 0.717) is 17.6 Å². The Morgan fingerprint density at radius 2 is 2.05 bits per heavy atom. The molecule has 1 saturated heterocycles. The van der Waals surface area contributed by atoms with Crippen LogP contribution in [0.4, 0.5) is 4.39 Å². The normalized spacial score (nSPS) is 15.3. The van der Waals surface area contributed by atoms with E-state index in [0.717, 1.165) is 32.4 Å². The molecular weight excluding hydrogens is 309 g/mol. The third-order valence-corrected chi connectivity index (χ3v) is 3.63. The molecule has 0 spiro atoms. The van der Waals surface area contributed by atoms with Crippen molar-refractivity contribution < 1.29 is 13.7 Å². The van der Waals surface area contributed by atoms with Crippen LogP contribution >= 0.6 is 12.4 Å². The minimum Gasteiger partial charge on any atom is -0.482 e. The number of piperidine rings is 1. The van der Waals surface area contributed by atoms with Gasteiger partial charge in [0.2, 0.25) is 11.7 Å². The summed E-state index contributed by atoms with van der Waals surface area (Å²) in [7, 11) is 0. The van der Waals surface area contributed by atoms with Crippen LogP contribution < -0.4 is 10.1 Å². The largest absolute Gasteiger partial charge is 0.482 e. The van der Waals surface area contributed by atoms with Crippen molar-refractivity contribution in [2.75, 3.05) is 13.1 Å². The molecule has 0 radical (unpaired) electrons. The first-order valence-electron chi connectivity index (χ1n) is 7.21. The Hall–Kier alpha value is -1.66. The maximum atomic E-state index is 13.4. The third-order valence-electron chi connectivity index (χ3n) is 3.63. The molecule has 1 N–H and O–H groups in total. The Bertz CT molecular complexity index is 588. The Morgan fingerprint density at radius 1 is 1.27 bits per heavy atom. The lowest BCUT2D eigenvalue weighted by molar-refractivity contribution is 0.270. The second-order valence-corrected chi connectivity index (χ2v) is 5.22. The second-order valence-electron chi connectivity index (χ2n) is 5.22. The van der Waals surface area contributed by atoms with Crippen LogP contribution in [0.25, 0.3) is 0 Å². The number of hydrogen-bond donors (Lipinski definition) is 1. The fourth-order valence-corrected chi connectivity index (χ4v) is 2.47. The van der Waals surface area contributed by atoms with Gasteiger partial charge in [-0.05, 0) is 44.0 Å². The van der Waals surface area contributed by atoms with Crippen LogP contribution in [-0.2, 0) is 13.0 Å².